The van der Waals surface area contributed by atoms with E-state index in [9.17, 15) is 0 Å². The molecule has 0 aliphatic carbocycles. The van der Waals surface area contributed by atoms with Gasteiger partial charge in [0.2, 0.25) is 0 Å². The minimum absolute atomic E-state index is 0.600. The van der Waals surface area contributed by atoms with Crippen molar-refractivity contribution >= 4 is 27.3 Å². The Balaban J connectivity index is 2.37. The summed E-state index contributed by atoms with van der Waals surface area (Å²) in [5.41, 5.74) is 0. The van der Waals surface area contributed by atoms with Crippen LogP contribution in [0.1, 0.15) is 11.3 Å². The highest BCUT2D eigenvalue weighted by Gasteiger charge is 2.01. The molecule has 0 atom stereocenters. The van der Waals surface area contributed by atoms with E-state index in [0.717, 1.165) is 16.9 Å². The summed E-state index contributed by atoms with van der Waals surface area (Å²) in [6, 6.07) is 6.30. The fourth-order valence-corrected chi connectivity index (χ4v) is 2.59. The zero-order valence-electron chi connectivity index (χ0n) is 7.46. The van der Waals surface area contributed by atoms with Gasteiger partial charge in [-0.2, -0.15) is 5.26 Å². The van der Waals surface area contributed by atoms with Gasteiger partial charge in [-0.15, -0.1) is 11.3 Å². The highest BCUT2D eigenvalue weighted by Crippen LogP contribution is 2.22. The summed E-state index contributed by atoms with van der Waals surface area (Å²) < 4.78 is 1.16. The van der Waals surface area contributed by atoms with Gasteiger partial charge in [-0.3, -0.25) is 0 Å². The van der Waals surface area contributed by atoms with Crippen LogP contribution in [0.2, 0.25) is 0 Å². The molecule has 1 aromatic heterocycles. The van der Waals surface area contributed by atoms with Crippen molar-refractivity contribution in [2.75, 3.05) is 13.6 Å². The Labute approximate surface area is 90.9 Å². The minimum Gasteiger partial charge on any atom is -0.300 e. The third kappa shape index (κ3) is 3.90. The van der Waals surface area contributed by atoms with Crippen LogP contribution in [0, 0.1) is 11.3 Å². The van der Waals surface area contributed by atoms with Gasteiger partial charge in [0, 0.05) is 24.4 Å². The Morgan fingerprint density at radius 2 is 2.38 bits per heavy atom. The Morgan fingerprint density at radius 3 is 2.92 bits per heavy atom. The van der Waals surface area contributed by atoms with Crippen molar-refractivity contribution in [2.24, 2.45) is 0 Å². The van der Waals surface area contributed by atoms with E-state index in [1.165, 1.54) is 4.88 Å². The molecular formula is C9H11BrN2S. The van der Waals surface area contributed by atoms with Crippen LogP contribution in [-0.2, 0) is 6.54 Å². The molecule has 0 aliphatic heterocycles. The van der Waals surface area contributed by atoms with Crippen LogP contribution < -0.4 is 0 Å². The smallest absolute Gasteiger partial charge is 0.0701 e. The predicted octanol–water partition coefficient (Wildman–Crippen LogP) is 2.86. The second kappa shape index (κ2) is 5.38. The first-order chi connectivity index (χ1) is 6.22. The molecule has 1 heterocycles. The van der Waals surface area contributed by atoms with E-state index in [4.69, 9.17) is 5.26 Å². The Kier molecular flexibility index (Phi) is 4.43. The number of nitrogens with zero attached hydrogens (tertiary/aromatic N) is 2. The first kappa shape index (κ1) is 10.7. The highest BCUT2D eigenvalue weighted by molar-refractivity contribution is 9.11. The fourth-order valence-electron chi connectivity index (χ4n) is 1.02. The Hall–Kier alpha value is -0.370. The molecule has 4 heteroatoms. The first-order valence-electron chi connectivity index (χ1n) is 4.02. The number of hydrogen-bond donors (Lipinski definition) is 0. The average Bonchev–Trinajstić information content (AvgIpc) is 2.48. The summed E-state index contributed by atoms with van der Waals surface area (Å²) in [4.78, 5) is 3.48. The molecule has 0 spiro atoms. The number of rotatable bonds is 4. The van der Waals surface area contributed by atoms with Crippen LogP contribution in [0.25, 0.3) is 0 Å². The van der Waals surface area contributed by atoms with E-state index in [-0.39, 0.29) is 0 Å². The summed E-state index contributed by atoms with van der Waals surface area (Å²) in [6.07, 6.45) is 0.600. The molecule has 0 bridgehead atoms. The standard InChI is InChI=1S/C9H11BrN2S/c1-12(6-2-5-11)7-8-3-4-9(10)13-8/h3-4H,2,6-7H2,1H3. The van der Waals surface area contributed by atoms with E-state index in [2.05, 4.69) is 39.0 Å². The molecular weight excluding hydrogens is 248 g/mol. The maximum absolute atomic E-state index is 8.40. The normalized spacial score (nSPS) is 10.3. The molecule has 0 fully saturated rings. The van der Waals surface area contributed by atoms with E-state index >= 15 is 0 Å². The lowest BCUT2D eigenvalue weighted by molar-refractivity contribution is 0.338. The zero-order chi connectivity index (χ0) is 9.68. The van der Waals surface area contributed by atoms with Crippen LogP contribution >= 0.6 is 27.3 Å². The molecule has 0 saturated carbocycles. The summed E-state index contributed by atoms with van der Waals surface area (Å²) in [5.74, 6) is 0. The van der Waals surface area contributed by atoms with Crippen molar-refractivity contribution < 1.29 is 0 Å². The van der Waals surface area contributed by atoms with Gasteiger partial charge in [0.15, 0.2) is 0 Å². The average molecular weight is 259 g/mol. The van der Waals surface area contributed by atoms with Crippen LogP contribution in [0.3, 0.4) is 0 Å². The number of nitriles is 1. The van der Waals surface area contributed by atoms with Gasteiger partial charge in [-0.1, -0.05) is 0 Å². The topological polar surface area (TPSA) is 27.0 Å². The van der Waals surface area contributed by atoms with Gasteiger partial charge in [0.1, 0.15) is 0 Å². The summed E-state index contributed by atoms with van der Waals surface area (Å²) in [5, 5.41) is 8.40. The molecule has 2 nitrogen and oxygen atoms in total. The molecule has 0 radical (unpaired) electrons. The van der Waals surface area contributed by atoms with Crippen molar-refractivity contribution in [3.8, 4) is 6.07 Å². The third-order valence-electron chi connectivity index (χ3n) is 1.66. The lowest BCUT2D eigenvalue weighted by Gasteiger charge is -2.12. The number of halogens is 1. The van der Waals surface area contributed by atoms with Crippen LogP contribution in [0.5, 0.6) is 0 Å². The van der Waals surface area contributed by atoms with E-state index < -0.39 is 0 Å². The van der Waals surface area contributed by atoms with Gasteiger partial charge in [-0.25, -0.2) is 0 Å². The second-order valence-electron chi connectivity index (χ2n) is 2.85. The lowest BCUT2D eigenvalue weighted by atomic mass is 10.4. The van der Waals surface area contributed by atoms with E-state index in [1.807, 2.05) is 7.05 Å². The largest absolute Gasteiger partial charge is 0.300 e. The minimum atomic E-state index is 0.600. The van der Waals surface area contributed by atoms with Crippen molar-refractivity contribution in [1.29, 1.82) is 5.26 Å². The van der Waals surface area contributed by atoms with E-state index in [0.29, 0.717) is 6.42 Å². The van der Waals surface area contributed by atoms with Crippen LogP contribution in [0.4, 0.5) is 0 Å². The quantitative estimate of drug-likeness (QED) is 0.831. The molecule has 0 amide bonds. The molecule has 0 aromatic carbocycles. The SMILES string of the molecule is CN(CCC#N)Cc1ccc(Br)s1. The first-order valence-corrected chi connectivity index (χ1v) is 5.63. The van der Waals surface area contributed by atoms with Gasteiger partial charge < -0.3 is 4.90 Å². The number of thiophene rings is 1. The molecule has 0 saturated heterocycles. The van der Waals surface area contributed by atoms with Crippen molar-refractivity contribution in [2.45, 2.75) is 13.0 Å². The molecule has 0 N–H and O–H groups in total. The summed E-state index contributed by atoms with van der Waals surface area (Å²) in [7, 11) is 2.03. The summed E-state index contributed by atoms with van der Waals surface area (Å²) in [6.45, 7) is 1.77. The monoisotopic (exact) mass is 258 g/mol. The molecule has 1 rings (SSSR count). The van der Waals surface area contributed by atoms with Crippen molar-refractivity contribution in [3.05, 3.63) is 20.8 Å². The molecule has 0 unspecified atom stereocenters. The maximum Gasteiger partial charge on any atom is 0.0701 e. The second-order valence-corrected chi connectivity index (χ2v) is 5.40. The maximum atomic E-state index is 8.40. The highest BCUT2D eigenvalue weighted by atomic mass is 79.9. The molecule has 70 valence electrons. The van der Waals surface area contributed by atoms with Crippen molar-refractivity contribution in [1.82, 2.24) is 4.90 Å². The lowest BCUT2D eigenvalue weighted by Crippen LogP contribution is -2.17. The van der Waals surface area contributed by atoms with E-state index in [1.54, 1.807) is 11.3 Å². The molecule has 1 aromatic rings. The molecule has 0 aliphatic rings. The third-order valence-corrected chi connectivity index (χ3v) is 3.27. The van der Waals surface area contributed by atoms with Gasteiger partial charge in [0.05, 0.1) is 9.86 Å². The Bertz CT molecular complexity index is 303. The summed E-state index contributed by atoms with van der Waals surface area (Å²) >= 11 is 5.16. The Morgan fingerprint density at radius 1 is 1.62 bits per heavy atom. The van der Waals surface area contributed by atoms with Crippen molar-refractivity contribution in [3.63, 3.8) is 0 Å². The van der Waals surface area contributed by atoms with Crippen LogP contribution in [-0.4, -0.2) is 18.5 Å². The van der Waals surface area contributed by atoms with Gasteiger partial charge in [-0.05, 0) is 35.1 Å². The van der Waals surface area contributed by atoms with Crippen LogP contribution in [0.15, 0.2) is 15.9 Å². The fraction of sp³-hybridized carbons (Fsp3) is 0.444. The predicted molar refractivity (Wildman–Crippen MR) is 58.6 cm³/mol. The van der Waals surface area contributed by atoms with Gasteiger partial charge in [0.25, 0.3) is 0 Å². The zero-order valence-corrected chi connectivity index (χ0v) is 9.86. The van der Waals surface area contributed by atoms with Gasteiger partial charge >= 0.3 is 0 Å². The number of hydrogen-bond acceptors (Lipinski definition) is 3. The molecule has 13 heavy (non-hydrogen) atoms.